The number of rotatable bonds is 2. The Morgan fingerprint density at radius 2 is 2.35 bits per heavy atom. The largest absolute Gasteiger partial charge is 0.320 e. The van der Waals surface area contributed by atoms with Crippen LogP contribution in [0.2, 0.25) is 0 Å². The second kappa shape index (κ2) is 3.85. The molecule has 3 rings (SSSR count). The molecule has 2 N–H and O–H groups in total. The van der Waals surface area contributed by atoms with Crippen molar-refractivity contribution < 1.29 is 0 Å². The maximum atomic E-state index is 4.35. The van der Waals surface area contributed by atoms with Gasteiger partial charge in [0.15, 0.2) is 17.3 Å². The van der Waals surface area contributed by atoms with Gasteiger partial charge in [-0.3, -0.25) is 5.10 Å². The third kappa shape index (κ3) is 1.89. The molecule has 0 aliphatic rings. The molecule has 6 nitrogen and oxygen atoms in total. The van der Waals surface area contributed by atoms with E-state index in [0.29, 0.717) is 5.82 Å². The van der Waals surface area contributed by atoms with Crippen LogP contribution in [0.3, 0.4) is 0 Å². The summed E-state index contributed by atoms with van der Waals surface area (Å²) in [6.45, 7) is 1.94. The van der Waals surface area contributed by atoms with Gasteiger partial charge in [-0.1, -0.05) is 0 Å². The molecule has 3 aromatic heterocycles. The smallest absolute Gasteiger partial charge is 0.180 e. The average molecular weight is 293 g/mol. The van der Waals surface area contributed by atoms with Gasteiger partial charge in [0.05, 0.1) is 0 Å². The molecule has 0 aliphatic carbocycles. The van der Waals surface area contributed by atoms with E-state index < -0.39 is 0 Å². The van der Waals surface area contributed by atoms with E-state index in [1.54, 1.807) is 6.20 Å². The van der Waals surface area contributed by atoms with Gasteiger partial charge in [0.25, 0.3) is 0 Å². The Kier molecular flexibility index (Phi) is 2.32. The number of hydrogen-bond acceptors (Lipinski definition) is 4. The zero-order valence-electron chi connectivity index (χ0n) is 8.98. The van der Waals surface area contributed by atoms with E-state index >= 15 is 0 Å². The van der Waals surface area contributed by atoms with E-state index in [1.165, 1.54) is 0 Å². The third-order valence-electron chi connectivity index (χ3n) is 2.30. The maximum Gasteiger partial charge on any atom is 0.180 e. The minimum atomic E-state index is 0.663. The van der Waals surface area contributed by atoms with Gasteiger partial charge >= 0.3 is 0 Å². The molecular weight excluding hydrogens is 284 g/mol. The van der Waals surface area contributed by atoms with Crippen molar-refractivity contribution in [1.82, 2.24) is 24.6 Å². The molecule has 0 amide bonds. The Balaban J connectivity index is 2.07. The number of aromatic amines is 1. The molecule has 0 aromatic carbocycles. The van der Waals surface area contributed by atoms with Gasteiger partial charge in [-0.2, -0.15) is 5.10 Å². The summed E-state index contributed by atoms with van der Waals surface area (Å²) in [6, 6.07) is 1.90. The highest BCUT2D eigenvalue weighted by atomic mass is 79.9. The summed E-state index contributed by atoms with van der Waals surface area (Å²) in [6.07, 6.45) is 5.44. The molecule has 86 valence electrons. The van der Waals surface area contributed by atoms with Gasteiger partial charge in [0.2, 0.25) is 0 Å². The van der Waals surface area contributed by atoms with Gasteiger partial charge in [-0.15, -0.1) is 0 Å². The molecule has 0 aliphatic heterocycles. The first-order chi connectivity index (χ1) is 8.22. The lowest BCUT2D eigenvalue weighted by Gasteiger charge is -2.04. The zero-order chi connectivity index (χ0) is 11.8. The summed E-state index contributed by atoms with van der Waals surface area (Å²) < 4.78 is 2.62. The maximum absolute atomic E-state index is 4.35. The van der Waals surface area contributed by atoms with Crippen LogP contribution in [0.4, 0.5) is 11.6 Å². The Morgan fingerprint density at radius 3 is 3.12 bits per heavy atom. The van der Waals surface area contributed by atoms with Crippen LogP contribution < -0.4 is 5.32 Å². The monoisotopic (exact) mass is 292 g/mol. The number of imidazole rings is 1. The van der Waals surface area contributed by atoms with Gasteiger partial charge in [-0.05, 0) is 22.9 Å². The van der Waals surface area contributed by atoms with Crippen molar-refractivity contribution in [2.75, 3.05) is 5.32 Å². The van der Waals surface area contributed by atoms with Gasteiger partial charge in [0.1, 0.15) is 4.60 Å². The number of nitrogens with one attached hydrogen (secondary N) is 2. The topological polar surface area (TPSA) is 70.9 Å². The van der Waals surface area contributed by atoms with Crippen molar-refractivity contribution >= 4 is 33.2 Å². The Hall–Kier alpha value is -1.89. The summed E-state index contributed by atoms with van der Waals surface area (Å²) in [5.41, 5.74) is 1.75. The quantitative estimate of drug-likeness (QED) is 0.760. The zero-order valence-corrected chi connectivity index (χ0v) is 10.6. The number of anilines is 2. The van der Waals surface area contributed by atoms with E-state index in [9.17, 15) is 0 Å². The summed E-state index contributed by atoms with van der Waals surface area (Å²) in [5.74, 6) is 1.38. The van der Waals surface area contributed by atoms with Crippen LogP contribution in [0.25, 0.3) is 5.65 Å². The average Bonchev–Trinajstić information content (AvgIpc) is 2.87. The number of nitrogens with zero attached hydrogens (tertiary/aromatic N) is 4. The number of hydrogen-bond donors (Lipinski definition) is 2. The van der Waals surface area contributed by atoms with Crippen LogP contribution in [-0.4, -0.2) is 24.6 Å². The Bertz CT molecular complexity index is 670. The summed E-state index contributed by atoms with van der Waals surface area (Å²) >= 11 is 3.36. The van der Waals surface area contributed by atoms with Crippen LogP contribution in [-0.2, 0) is 0 Å². The van der Waals surface area contributed by atoms with Crippen molar-refractivity contribution in [2.45, 2.75) is 6.92 Å². The minimum Gasteiger partial charge on any atom is -0.320 e. The summed E-state index contributed by atoms with van der Waals surface area (Å²) in [7, 11) is 0. The van der Waals surface area contributed by atoms with Gasteiger partial charge in [0, 0.05) is 30.4 Å². The highest BCUT2D eigenvalue weighted by molar-refractivity contribution is 9.10. The predicted molar refractivity (Wildman–Crippen MR) is 67.3 cm³/mol. The van der Waals surface area contributed by atoms with Crippen LogP contribution in [0.5, 0.6) is 0 Å². The molecule has 0 radical (unpaired) electrons. The highest BCUT2D eigenvalue weighted by Crippen LogP contribution is 2.20. The number of aromatic nitrogens is 5. The molecule has 7 heteroatoms. The van der Waals surface area contributed by atoms with Gasteiger partial charge < -0.3 is 9.72 Å². The van der Waals surface area contributed by atoms with E-state index in [2.05, 4.69) is 41.4 Å². The highest BCUT2D eigenvalue weighted by Gasteiger charge is 2.07. The predicted octanol–water partition coefficient (Wildman–Crippen LogP) is 2.27. The second-order valence-electron chi connectivity index (χ2n) is 3.63. The minimum absolute atomic E-state index is 0.663. The fourth-order valence-corrected chi connectivity index (χ4v) is 1.99. The third-order valence-corrected chi connectivity index (χ3v) is 2.68. The lowest BCUT2D eigenvalue weighted by atomic mass is 10.4. The second-order valence-corrected chi connectivity index (χ2v) is 4.44. The summed E-state index contributed by atoms with van der Waals surface area (Å²) in [4.78, 5) is 8.59. The summed E-state index contributed by atoms with van der Waals surface area (Å²) in [5, 5.41) is 10.1. The molecule has 17 heavy (non-hydrogen) atoms. The molecule has 0 bridgehead atoms. The molecular formula is C10H9BrN6. The lowest BCUT2D eigenvalue weighted by molar-refractivity contribution is 1.04. The number of fused-ring (bicyclic) bond motifs is 1. The van der Waals surface area contributed by atoms with Crippen molar-refractivity contribution in [2.24, 2.45) is 0 Å². The normalized spacial score (nSPS) is 10.9. The molecule has 0 saturated heterocycles. The van der Waals surface area contributed by atoms with E-state index in [-0.39, 0.29) is 0 Å². The first kappa shape index (κ1) is 10.3. The van der Waals surface area contributed by atoms with Crippen LogP contribution in [0.15, 0.2) is 29.3 Å². The SMILES string of the molecule is Cc1cc(Nc2nc(Br)cn3ccnc23)n[nH]1. The molecule has 0 atom stereocenters. The molecule has 0 unspecified atom stereocenters. The number of H-pyrrole nitrogens is 1. The van der Waals surface area contributed by atoms with Crippen molar-refractivity contribution in [3.8, 4) is 0 Å². The van der Waals surface area contributed by atoms with Crippen LogP contribution in [0.1, 0.15) is 5.69 Å². The van der Waals surface area contributed by atoms with Crippen molar-refractivity contribution in [1.29, 1.82) is 0 Å². The van der Waals surface area contributed by atoms with Crippen LogP contribution >= 0.6 is 15.9 Å². The molecule has 0 fully saturated rings. The fourth-order valence-electron chi connectivity index (χ4n) is 1.59. The van der Waals surface area contributed by atoms with Gasteiger partial charge in [-0.25, -0.2) is 9.97 Å². The lowest BCUT2D eigenvalue weighted by Crippen LogP contribution is -1.98. The Morgan fingerprint density at radius 1 is 1.47 bits per heavy atom. The Labute approximate surface area is 105 Å². The van der Waals surface area contributed by atoms with Crippen LogP contribution in [0, 0.1) is 6.92 Å². The first-order valence-corrected chi connectivity index (χ1v) is 5.80. The first-order valence-electron chi connectivity index (χ1n) is 5.00. The van der Waals surface area contributed by atoms with E-state index in [4.69, 9.17) is 0 Å². The number of aryl methyl sites for hydroxylation is 1. The molecule has 3 heterocycles. The van der Waals surface area contributed by atoms with E-state index in [1.807, 2.05) is 29.8 Å². The van der Waals surface area contributed by atoms with E-state index in [0.717, 1.165) is 21.8 Å². The standard InChI is InChI=1S/C10H9BrN6/c1-6-4-8(16-15-6)14-9-10-12-2-3-17(10)5-7(11)13-9/h2-5H,1H3,(H2,13,14,15,16). The van der Waals surface area contributed by atoms with Crippen molar-refractivity contribution in [3.05, 3.63) is 35.0 Å². The fraction of sp³-hybridized carbons (Fsp3) is 0.100. The molecule has 0 saturated carbocycles. The number of halogens is 1. The molecule has 0 spiro atoms. The van der Waals surface area contributed by atoms with Crippen molar-refractivity contribution in [3.63, 3.8) is 0 Å². The molecule has 3 aromatic rings.